The maximum atomic E-state index is 11.2. The van der Waals surface area contributed by atoms with Crippen LogP contribution in [0.5, 0.6) is 17.2 Å². The molecule has 2 rings (SSSR count). The number of ether oxygens (including phenoxy) is 4. The Morgan fingerprint density at radius 1 is 1.04 bits per heavy atom. The number of methoxy groups -OCH3 is 2. The van der Waals surface area contributed by atoms with Crippen LogP contribution in [-0.4, -0.2) is 44.6 Å². The molecule has 0 saturated heterocycles. The maximum absolute atomic E-state index is 11.2. The van der Waals surface area contributed by atoms with Gasteiger partial charge in [0.05, 0.1) is 14.2 Å². The van der Waals surface area contributed by atoms with Gasteiger partial charge in [-0.1, -0.05) is 18.2 Å². The van der Waals surface area contributed by atoms with Crippen LogP contribution in [0.15, 0.2) is 48.5 Å². The highest BCUT2D eigenvalue weighted by Crippen LogP contribution is 2.23. The molecule has 28 heavy (non-hydrogen) atoms. The van der Waals surface area contributed by atoms with Crippen LogP contribution in [-0.2, 0) is 16.0 Å². The van der Waals surface area contributed by atoms with Crippen LogP contribution in [0, 0.1) is 0 Å². The molecule has 0 aliphatic heterocycles. The summed E-state index contributed by atoms with van der Waals surface area (Å²) in [6.45, 7) is 2.54. The van der Waals surface area contributed by atoms with Crippen LogP contribution in [0.2, 0.25) is 0 Å². The standard InChI is InChI=1S/C22H26O6/c1-4-27-21(22(23)24)14-16-7-9-18(10-8-16)28-11-5-6-17-12-19(25-2)15-20(13-17)26-3/h5-10,12-13,15,21H,4,11,14H2,1-3H3,(H,23,24)/b6-5+/t21-/m0/s1. The molecular formula is C22H26O6. The van der Waals surface area contributed by atoms with Crippen LogP contribution >= 0.6 is 0 Å². The largest absolute Gasteiger partial charge is 0.497 e. The topological polar surface area (TPSA) is 74.2 Å². The van der Waals surface area contributed by atoms with E-state index in [1.165, 1.54) is 0 Å². The SMILES string of the molecule is CCO[C@@H](Cc1ccc(OC/C=C/c2cc(OC)cc(OC)c2)cc1)C(=O)O. The predicted molar refractivity (Wildman–Crippen MR) is 107 cm³/mol. The zero-order valence-corrected chi connectivity index (χ0v) is 16.4. The summed E-state index contributed by atoms with van der Waals surface area (Å²) in [5.74, 6) is 1.20. The molecule has 0 aliphatic rings. The van der Waals surface area contributed by atoms with Gasteiger partial charge in [0.2, 0.25) is 0 Å². The van der Waals surface area contributed by atoms with Gasteiger partial charge < -0.3 is 24.1 Å². The van der Waals surface area contributed by atoms with E-state index >= 15 is 0 Å². The van der Waals surface area contributed by atoms with E-state index in [1.54, 1.807) is 21.1 Å². The zero-order valence-electron chi connectivity index (χ0n) is 16.4. The number of rotatable bonds is 11. The fourth-order valence-corrected chi connectivity index (χ4v) is 2.61. The van der Waals surface area contributed by atoms with Crippen LogP contribution in [0.3, 0.4) is 0 Å². The Kier molecular flexibility index (Phi) is 8.37. The second kappa shape index (κ2) is 11.0. The number of benzene rings is 2. The van der Waals surface area contributed by atoms with Gasteiger partial charge in [0.25, 0.3) is 0 Å². The van der Waals surface area contributed by atoms with Crippen LogP contribution in [0.4, 0.5) is 0 Å². The molecule has 0 heterocycles. The molecule has 0 aliphatic carbocycles. The highest BCUT2D eigenvalue weighted by Gasteiger charge is 2.17. The second-order valence-electron chi connectivity index (χ2n) is 5.99. The van der Waals surface area contributed by atoms with Crippen molar-refractivity contribution in [3.8, 4) is 17.2 Å². The van der Waals surface area contributed by atoms with E-state index in [0.29, 0.717) is 25.4 Å². The Hall–Kier alpha value is -2.99. The summed E-state index contributed by atoms with van der Waals surface area (Å²) >= 11 is 0. The van der Waals surface area contributed by atoms with Crippen molar-refractivity contribution in [2.75, 3.05) is 27.4 Å². The molecule has 150 valence electrons. The summed E-state index contributed by atoms with van der Waals surface area (Å²) in [5, 5.41) is 9.15. The highest BCUT2D eigenvalue weighted by molar-refractivity contribution is 5.72. The molecule has 6 nitrogen and oxygen atoms in total. The normalized spacial score (nSPS) is 12.0. The molecule has 0 bridgehead atoms. The Morgan fingerprint density at radius 2 is 1.68 bits per heavy atom. The number of aliphatic carboxylic acids is 1. The molecule has 0 radical (unpaired) electrons. The van der Waals surface area contributed by atoms with Gasteiger partial charge >= 0.3 is 5.97 Å². The number of hydrogen-bond donors (Lipinski definition) is 1. The highest BCUT2D eigenvalue weighted by atomic mass is 16.5. The first-order valence-electron chi connectivity index (χ1n) is 9.01. The summed E-state index contributed by atoms with van der Waals surface area (Å²) in [5.41, 5.74) is 1.83. The van der Waals surface area contributed by atoms with E-state index in [-0.39, 0.29) is 0 Å². The number of carboxylic acids is 1. The Bertz CT molecular complexity index is 760. The van der Waals surface area contributed by atoms with E-state index in [4.69, 9.17) is 24.1 Å². The first kappa shape index (κ1) is 21.3. The smallest absolute Gasteiger partial charge is 0.333 e. The lowest BCUT2D eigenvalue weighted by atomic mass is 10.1. The molecule has 0 unspecified atom stereocenters. The molecule has 0 saturated carbocycles. The molecule has 0 spiro atoms. The minimum Gasteiger partial charge on any atom is -0.497 e. The van der Waals surface area contributed by atoms with Crippen LogP contribution in [0.25, 0.3) is 6.08 Å². The van der Waals surface area contributed by atoms with Crippen molar-refractivity contribution < 1.29 is 28.8 Å². The van der Waals surface area contributed by atoms with E-state index in [0.717, 1.165) is 22.6 Å². The van der Waals surface area contributed by atoms with Gasteiger partial charge in [-0.3, -0.25) is 0 Å². The minimum absolute atomic E-state index is 0.320. The number of carboxylic acid groups (broad SMARTS) is 1. The Morgan fingerprint density at radius 3 is 2.21 bits per heavy atom. The third-order valence-electron chi connectivity index (χ3n) is 4.02. The van der Waals surface area contributed by atoms with Gasteiger partial charge in [-0.15, -0.1) is 0 Å². The lowest BCUT2D eigenvalue weighted by Gasteiger charge is -2.12. The van der Waals surface area contributed by atoms with Crippen molar-refractivity contribution in [2.45, 2.75) is 19.4 Å². The van der Waals surface area contributed by atoms with Gasteiger partial charge in [-0.05, 0) is 48.4 Å². The number of carbonyl (C=O) groups is 1. The molecule has 1 atom stereocenters. The summed E-state index contributed by atoms with van der Waals surface area (Å²) < 4.78 is 21.4. The first-order valence-corrected chi connectivity index (χ1v) is 9.01. The lowest BCUT2D eigenvalue weighted by molar-refractivity contribution is -0.149. The van der Waals surface area contributed by atoms with Crippen molar-refractivity contribution in [1.29, 1.82) is 0 Å². The van der Waals surface area contributed by atoms with Crippen molar-refractivity contribution in [2.24, 2.45) is 0 Å². The minimum atomic E-state index is -0.957. The summed E-state index contributed by atoms with van der Waals surface area (Å²) in [7, 11) is 3.23. The number of hydrogen-bond acceptors (Lipinski definition) is 5. The van der Waals surface area contributed by atoms with Crippen LogP contribution < -0.4 is 14.2 Å². The monoisotopic (exact) mass is 386 g/mol. The average Bonchev–Trinajstić information content (AvgIpc) is 2.71. The molecule has 0 amide bonds. The van der Waals surface area contributed by atoms with Crippen LogP contribution in [0.1, 0.15) is 18.1 Å². The quantitative estimate of drug-likeness (QED) is 0.633. The summed E-state index contributed by atoms with van der Waals surface area (Å²) in [6.07, 6.45) is 3.32. The molecule has 2 aromatic rings. The third-order valence-corrected chi connectivity index (χ3v) is 4.02. The first-order chi connectivity index (χ1) is 13.5. The second-order valence-corrected chi connectivity index (χ2v) is 5.99. The fraction of sp³-hybridized carbons (Fsp3) is 0.318. The van der Waals surface area contributed by atoms with Gasteiger partial charge in [0.15, 0.2) is 6.10 Å². The fourth-order valence-electron chi connectivity index (χ4n) is 2.61. The van der Waals surface area contributed by atoms with Gasteiger partial charge in [-0.25, -0.2) is 4.79 Å². The molecule has 2 aromatic carbocycles. The van der Waals surface area contributed by atoms with Crippen molar-refractivity contribution in [1.82, 2.24) is 0 Å². The lowest BCUT2D eigenvalue weighted by Crippen LogP contribution is -2.26. The Labute approximate surface area is 165 Å². The molecule has 0 fully saturated rings. The zero-order chi connectivity index (χ0) is 20.4. The molecule has 6 heteroatoms. The average molecular weight is 386 g/mol. The van der Waals surface area contributed by atoms with Crippen molar-refractivity contribution in [3.05, 3.63) is 59.7 Å². The van der Waals surface area contributed by atoms with Gasteiger partial charge in [-0.2, -0.15) is 0 Å². The van der Waals surface area contributed by atoms with Gasteiger partial charge in [0, 0.05) is 19.1 Å². The van der Waals surface area contributed by atoms with E-state index < -0.39 is 12.1 Å². The third kappa shape index (κ3) is 6.63. The summed E-state index contributed by atoms with van der Waals surface area (Å²) in [6, 6.07) is 13.0. The predicted octanol–water partition coefficient (Wildman–Crippen LogP) is 3.83. The van der Waals surface area contributed by atoms with E-state index in [9.17, 15) is 4.79 Å². The van der Waals surface area contributed by atoms with Crippen molar-refractivity contribution >= 4 is 12.0 Å². The van der Waals surface area contributed by atoms with Gasteiger partial charge in [0.1, 0.15) is 23.9 Å². The van der Waals surface area contributed by atoms with E-state index in [2.05, 4.69) is 0 Å². The van der Waals surface area contributed by atoms with E-state index in [1.807, 2.05) is 54.6 Å². The molecule has 0 aromatic heterocycles. The molecular weight excluding hydrogens is 360 g/mol. The van der Waals surface area contributed by atoms with Crippen molar-refractivity contribution in [3.63, 3.8) is 0 Å². The maximum Gasteiger partial charge on any atom is 0.333 e. The molecule has 1 N–H and O–H groups in total. The summed E-state index contributed by atoms with van der Waals surface area (Å²) in [4.78, 5) is 11.2. The Balaban J connectivity index is 1.89.